The zero-order valence-electron chi connectivity index (χ0n) is 18.0. The number of hydrazone groups is 1. The van der Waals surface area contributed by atoms with Crippen molar-refractivity contribution in [2.75, 3.05) is 10.3 Å². The average molecular weight is 482 g/mol. The number of esters is 1. The Morgan fingerprint density at radius 2 is 1.88 bits per heavy atom. The summed E-state index contributed by atoms with van der Waals surface area (Å²) >= 11 is 1.24. The number of amides is 2. The SMILES string of the molecule is C[C@@H](OC(=O)C1=NN(c2ccc(F)cc2)[C@H](C(N)=O)C1)C(=O)Nc1nc(-c2ccccc2)cs1. The summed E-state index contributed by atoms with van der Waals surface area (Å²) < 4.78 is 18.5. The van der Waals surface area contributed by atoms with Crippen LogP contribution < -0.4 is 16.1 Å². The second kappa shape index (κ2) is 9.79. The van der Waals surface area contributed by atoms with Gasteiger partial charge in [0, 0.05) is 17.4 Å². The zero-order valence-corrected chi connectivity index (χ0v) is 18.8. The summed E-state index contributed by atoms with van der Waals surface area (Å²) in [5.74, 6) is -2.59. The van der Waals surface area contributed by atoms with Crippen molar-refractivity contribution in [3.8, 4) is 11.3 Å². The first-order valence-electron chi connectivity index (χ1n) is 10.3. The monoisotopic (exact) mass is 481 g/mol. The van der Waals surface area contributed by atoms with E-state index in [1.54, 1.807) is 0 Å². The van der Waals surface area contributed by atoms with Gasteiger partial charge in [-0.1, -0.05) is 30.3 Å². The van der Waals surface area contributed by atoms with Crippen LogP contribution in [0.15, 0.2) is 65.1 Å². The number of halogens is 1. The van der Waals surface area contributed by atoms with Crippen molar-refractivity contribution in [2.24, 2.45) is 10.8 Å². The molecular weight excluding hydrogens is 461 g/mol. The molecule has 11 heteroatoms. The van der Waals surface area contributed by atoms with Crippen molar-refractivity contribution >= 4 is 45.7 Å². The van der Waals surface area contributed by atoms with Crippen LogP contribution in [-0.4, -0.2) is 40.6 Å². The van der Waals surface area contributed by atoms with Crippen molar-refractivity contribution in [3.05, 3.63) is 65.8 Å². The lowest BCUT2D eigenvalue weighted by Crippen LogP contribution is -2.39. The van der Waals surface area contributed by atoms with Gasteiger partial charge in [-0.2, -0.15) is 5.10 Å². The molecule has 0 unspecified atom stereocenters. The second-order valence-corrected chi connectivity index (χ2v) is 8.29. The molecule has 0 spiro atoms. The van der Waals surface area contributed by atoms with Crippen LogP contribution in [0.1, 0.15) is 13.3 Å². The first-order chi connectivity index (χ1) is 16.3. The molecule has 0 fully saturated rings. The average Bonchev–Trinajstić information content (AvgIpc) is 3.48. The molecule has 3 N–H and O–H groups in total. The standard InChI is InChI=1S/C23H20FN5O4S/c1-13(21(31)27-23-26-18(12-34-23)14-5-3-2-4-6-14)33-22(32)17-11-19(20(25)30)29(28-17)16-9-7-15(24)8-10-16/h2-10,12-13,19H,11H2,1H3,(H2,25,30)(H,26,27,31)/t13-,19+/m1/s1. The predicted molar refractivity (Wildman–Crippen MR) is 126 cm³/mol. The number of hydrogen-bond donors (Lipinski definition) is 2. The second-order valence-electron chi connectivity index (χ2n) is 7.43. The number of nitrogens with zero attached hydrogens (tertiary/aromatic N) is 3. The van der Waals surface area contributed by atoms with Crippen LogP contribution in [0.4, 0.5) is 15.2 Å². The number of aromatic nitrogens is 1. The van der Waals surface area contributed by atoms with E-state index in [0.29, 0.717) is 16.5 Å². The number of thiazole rings is 1. The highest BCUT2D eigenvalue weighted by Gasteiger charge is 2.36. The Hall–Kier alpha value is -4.12. The van der Waals surface area contributed by atoms with Crippen LogP contribution in [0.25, 0.3) is 11.3 Å². The Bertz CT molecular complexity index is 1250. The molecule has 0 radical (unpaired) electrons. The van der Waals surface area contributed by atoms with Gasteiger partial charge in [0.15, 0.2) is 11.2 Å². The molecule has 34 heavy (non-hydrogen) atoms. The van der Waals surface area contributed by atoms with Crippen molar-refractivity contribution < 1.29 is 23.5 Å². The number of carbonyl (C=O) groups excluding carboxylic acids is 3. The van der Waals surface area contributed by atoms with E-state index in [2.05, 4.69) is 15.4 Å². The number of carbonyl (C=O) groups is 3. The minimum Gasteiger partial charge on any atom is -0.448 e. The van der Waals surface area contributed by atoms with Crippen LogP contribution in [0.2, 0.25) is 0 Å². The van der Waals surface area contributed by atoms with E-state index in [1.807, 2.05) is 35.7 Å². The normalized spacial score (nSPS) is 16.0. The lowest BCUT2D eigenvalue weighted by atomic mass is 10.1. The van der Waals surface area contributed by atoms with Gasteiger partial charge in [-0.15, -0.1) is 11.3 Å². The summed E-state index contributed by atoms with van der Waals surface area (Å²) in [7, 11) is 0. The van der Waals surface area contributed by atoms with Gasteiger partial charge in [0.1, 0.15) is 17.6 Å². The van der Waals surface area contributed by atoms with Crippen molar-refractivity contribution in [2.45, 2.75) is 25.5 Å². The molecule has 3 aromatic rings. The summed E-state index contributed by atoms with van der Waals surface area (Å²) in [4.78, 5) is 41.4. The van der Waals surface area contributed by atoms with E-state index in [0.717, 1.165) is 5.56 Å². The maximum Gasteiger partial charge on any atom is 0.355 e. The highest BCUT2D eigenvalue weighted by atomic mass is 32.1. The van der Waals surface area contributed by atoms with Gasteiger partial charge in [0.25, 0.3) is 5.91 Å². The summed E-state index contributed by atoms with van der Waals surface area (Å²) in [5, 5.41) is 10.2. The highest BCUT2D eigenvalue weighted by Crippen LogP contribution is 2.26. The number of benzene rings is 2. The van der Waals surface area contributed by atoms with Gasteiger partial charge in [-0.3, -0.25) is 19.9 Å². The zero-order chi connectivity index (χ0) is 24.2. The molecule has 2 atom stereocenters. The van der Waals surface area contributed by atoms with Crippen LogP contribution in [0, 0.1) is 5.82 Å². The lowest BCUT2D eigenvalue weighted by Gasteiger charge is -2.20. The molecule has 0 saturated heterocycles. The maximum atomic E-state index is 13.2. The maximum absolute atomic E-state index is 13.2. The molecule has 0 saturated carbocycles. The molecule has 4 rings (SSSR count). The molecule has 2 heterocycles. The fourth-order valence-electron chi connectivity index (χ4n) is 3.25. The predicted octanol–water partition coefficient (Wildman–Crippen LogP) is 2.94. The third kappa shape index (κ3) is 5.09. The molecule has 0 bridgehead atoms. The summed E-state index contributed by atoms with van der Waals surface area (Å²) in [6, 6.07) is 13.8. The van der Waals surface area contributed by atoms with E-state index in [4.69, 9.17) is 10.5 Å². The Morgan fingerprint density at radius 1 is 1.18 bits per heavy atom. The van der Waals surface area contributed by atoms with Crippen LogP contribution in [-0.2, 0) is 19.1 Å². The molecule has 2 aromatic carbocycles. The fraction of sp³-hybridized carbons (Fsp3) is 0.174. The molecule has 0 aliphatic carbocycles. The number of nitrogens with two attached hydrogens (primary N) is 1. The number of primary amides is 1. The first-order valence-corrected chi connectivity index (χ1v) is 11.1. The van der Waals surface area contributed by atoms with Crippen molar-refractivity contribution in [1.29, 1.82) is 0 Å². The third-order valence-corrected chi connectivity index (χ3v) is 5.78. The largest absolute Gasteiger partial charge is 0.448 e. The van der Waals surface area contributed by atoms with Gasteiger partial charge in [0.05, 0.1) is 11.4 Å². The van der Waals surface area contributed by atoms with Gasteiger partial charge >= 0.3 is 5.97 Å². The van der Waals surface area contributed by atoms with E-state index in [-0.39, 0.29) is 12.1 Å². The van der Waals surface area contributed by atoms with E-state index in [9.17, 15) is 18.8 Å². The summed E-state index contributed by atoms with van der Waals surface area (Å²) in [6.45, 7) is 1.41. The van der Waals surface area contributed by atoms with E-state index in [1.165, 1.54) is 47.5 Å². The Kier molecular flexibility index (Phi) is 6.64. The minimum atomic E-state index is -1.15. The van der Waals surface area contributed by atoms with Gasteiger partial charge < -0.3 is 10.5 Å². The molecule has 174 valence electrons. The first kappa shape index (κ1) is 23.1. The highest BCUT2D eigenvalue weighted by molar-refractivity contribution is 7.14. The quantitative estimate of drug-likeness (QED) is 0.500. The Balaban J connectivity index is 1.40. The Morgan fingerprint density at radius 3 is 2.56 bits per heavy atom. The summed E-state index contributed by atoms with van der Waals surface area (Å²) in [6.07, 6.45) is -1.25. The van der Waals surface area contributed by atoms with Gasteiger partial charge in [-0.05, 0) is 31.2 Å². The molecule has 2 amide bonds. The van der Waals surface area contributed by atoms with Crippen molar-refractivity contribution in [1.82, 2.24) is 4.98 Å². The molecule has 1 aromatic heterocycles. The van der Waals surface area contributed by atoms with Gasteiger partial charge in [-0.25, -0.2) is 14.2 Å². The number of anilines is 2. The fourth-order valence-corrected chi connectivity index (χ4v) is 3.97. The third-order valence-electron chi connectivity index (χ3n) is 5.02. The number of rotatable bonds is 7. The number of hydrogen-bond acceptors (Lipinski definition) is 8. The van der Waals surface area contributed by atoms with Gasteiger partial charge in [0.2, 0.25) is 5.91 Å². The molecular formula is C23H20FN5O4S. The molecule has 9 nitrogen and oxygen atoms in total. The topological polar surface area (TPSA) is 127 Å². The Labute approximate surface area is 198 Å². The lowest BCUT2D eigenvalue weighted by molar-refractivity contribution is -0.146. The van der Waals surface area contributed by atoms with E-state index < -0.39 is 35.7 Å². The van der Waals surface area contributed by atoms with Crippen molar-refractivity contribution in [3.63, 3.8) is 0 Å². The number of nitrogens with one attached hydrogen (secondary N) is 1. The van der Waals surface area contributed by atoms with E-state index >= 15 is 0 Å². The molecule has 1 aliphatic heterocycles. The van der Waals surface area contributed by atoms with Crippen LogP contribution >= 0.6 is 11.3 Å². The molecule has 1 aliphatic rings. The smallest absolute Gasteiger partial charge is 0.355 e. The van der Waals surface area contributed by atoms with Crippen LogP contribution in [0.3, 0.4) is 0 Å². The summed E-state index contributed by atoms with van der Waals surface area (Å²) in [5.41, 5.74) is 7.38. The minimum absolute atomic E-state index is 0.0756. The van der Waals surface area contributed by atoms with Crippen LogP contribution in [0.5, 0.6) is 0 Å². The number of ether oxygens (including phenoxy) is 1.